The first-order chi connectivity index (χ1) is 18.6. The summed E-state index contributed by atoms with van der Waals surface area (Å²) in [7, 11) is 1.58. The first-order valence-corrected chi connectivity index (χ1v) is 13.8. The van der Waals surface area contributed by atoms with E-state index in [1.165, 1.54) is 4.90 Å². The minimum atomic E-state index is -4.71. The molecule has 0 saturated carbocycles. The quantitative estimate of drug-likeness (QED) is 0.443. The summed E-state index contributed by atoms with van der Waals surface area (Å²) in [4.78, 5) is 22.2. The normalized spacial score (nSPS) is 17.0. The predicted octanol–water partition coefficient (Wildman–Crippen LogP) is 4.81. The van der Waals surface area contributed by atoms with Gasteiger partial charge < -0.3 is 19.4 Å². The third-order valence-electron chi connectivity index (χ3n) is 7.54. The number of carbonyl (C=O) groups is 1. The smallest absolute Gasteiger partial charge is 0.378 e. The number of halogens is 3. The van der Waals surface area contributed by atoms with Crippen LogP contribution < -0.4 is 9.80 Å². The van der Waals surface area contributed by atoms with E-state index in [1.54, 1.807) is 11.9 Å². The molecule has 2 saturated heterocycles. The zero-order valence-electron chi connectivity index (χ0n) is 22.2. The number of carbonyl (C=O) groups excluding carboxylic acids is 1. The van der Waals surface area contributed by atoms with E-state index in [4.69, 9.17) is 4.74 Å². The second-order valence-electron chi connectivity index (χ2n) is 9.89. The van der Waals surface area contributed by atoms with Gasteiger partial charge in [-0.25, -0.2) is 4.98 Å². The van der Waals surface area contributed by atoms with Crippen molar-refractivity contribution >= 4 is 28.2 Å². The van der Waals surface area contributed by atoms with Crippen molar-refractivity contribution < 1.29 is 22.7 Å². The Morgan fingerprint density at radius 1 is 1.00 bits per heavy atom. The lowest BCUT2D eigenvalue weighted by atomic mass is 10.0. The van der Waals surface area contributed by atoms with Gasteiger partial charge in [0.2, 0.25) is 0 Å². The topological polar surface area (TPSA) is 74.7 Å². The van der Waals surface area contributed by atoms with Crippen molar-refractivity contribution in [3.8, 4) is 11.3 Å². The lowest BCUT2D eigenvalue weighted by molar-refractivity contribution is -0.141. The Morgan fingerprint density at radius 3 is 2.31 bits per heavy atom. The summed E-state index contributed by atoms with van der Waals surface area (Å²) in [5.74, 6) is 0.161. The van der Waals surface area contributed by atoms with Crippen molar-refractivity contribution in [2.75, 3.05) is 56.2 Å². The Hall–Kier alpha value is -3.25. The van der Waals surface area contributed by atoms with Crippen LogP contribution in [0.5, 0.6) is 0 Å². The standard InChI is InChI=1S/C27H31F3N6O2S/c1-17-18(2)24(33-32-21(17)19-7-5-4-6-8-19)35-11-9-20(10-12-35)34(3)25(37)22-23(27(28,29)30)31-26(39-22)36-13-15-38-16-14-36/h4-8,20H,9-16H2,1-3H3. The highest BCUT2D eigenvalue weighted by molar-refractivity contribution is 7.17. The zero-order chi connectivity index (χ0) is 27.7. The molecule has 1 amide bonds. The molecule has 0 N–H and O–H groups in total. The highest BCUT2D eigenvalue weighted by Gasteiger charge is 2.42. The third kappa shape index (κ3) is 5.58. The van der Waals surface area contributed by atoms with Crippen LogP contribution in [0.3, 0.4) is 0 Å². The van der Waals surface area contributed by atoms with E-state index in [2.05, 4.69) is 20.1 Å². The summed E-state index contributed by atoms with van der Waals surface area (Å²) in [6.45, 7) is 7.03. The molecular weight excluding hydrogens is 529 g/mol. The first-order valence-electron chi connectivity index (χ1n) is 13.0. The number of morpholine rings is 1. The molecule has 0 aliphatic carbocycles. The van der Waals surface area contributed by atoms with Crippen molar-refractivity contribution in [1.29, 1.82) is 0 Å². The van der Waals surface area contributed by atoms with Crippen molar-refractivity contribution in [2.24, 2.45) is 0 Å². The average Bonchev–Trinajstić information content (AvgIpc) is 3.41. The first kappa shape index (κ1) is 27.3. The number of rotatable bonds is 5. The minimum absolute atomic E-state index is 0.193. The Bertz CT molecular complexity index is 1320. The molecule has 3 aromatic rings. The van der Waals surface area contributed by atoms with Crippen molar-refractivity contribution in [1.82, 2.24) is 20.1 Å². The number of nitrogens with zero attached hydrogens (tertiary/aromatic N) is 6. The lowest BCUT2D eigenvalue weighted by Crippen LogP contribution is -2.46. The number of hydrogen-bond donors (Lipinski definition) is 0. The summed E-state index contributed by atoms with van der Waals surface area (Å²) >= 11 is 0.813. The molecule has 0 unspecified atom stereocenters. The van der Waals surface area contributed by atoms with Crippen LogP contribution in [0.25, 0.3) is 11.3 Å². The van der Waals surface area contributed by atoms with Crippen LogP contribution in [0, 0.1) is 13.8 Å². The van der Waals surface area contributed by atoms with Gasteiger partial charge in [0.1, 0.15) is 4.88 Å². The molecule has 2 fully saturated rings. The fraction of sp³-hybridized carbons (Fsp3) is 0.481. The lowest BCUT2D eigenvalue weighted by Gasteiger charge is -2.37. The van der Waals surface area contributed by atoms with Gasteiger partial charge in [-0.05, 0) is 37.8 Å². The van der Waals surface area contributed by atoms with E-state index < -0.39 is 17.8 Å². The van der Waals surface area contributed by atoms with Crippen LogP contribution in [0.15, 0.2) is 30.3 Å². The van der Waals surface area contributed by atoms with Crippen molar-refractivity contribution in [2.45, 2.75) is 38.9 Å². The van der Waals surface area contributed by atoms with Gasteiger partial charge in [0, 0.05) is 44.8 Å². The molecule has 8 nitrogen and oxygen atoms in total. The largest absolute Gasteiger partial charge is 0.435 e. The number of ether oxygens (including phenoxy) is 1. The molecule has 1 aromatic carbocycles. The van der Waals surface area contributed by atoms with E-state index in [0.29, 0.717) is 52.2 Å². The van der Waals surface area contributed by atoms with Gasteiger partial charge in [-0.3, -0.25) is 4.79 Å². The minimum Gasteiger partial charge on any atom is -0.378 e. The van der Waals surface area contributed by atoms with Gasteiger partial charge in [0.25, 0.3) is 5.91 Å². The predicted molar refractivity (Wildman–Crippen MR) is 144 cm³/mol. The maximum Gasteiger partial charge on any atom is 0.435 e. The van der Waals surface area contributed by atoms with Crippen molar-refractivity contribution in [3.63, 3.8) is 0 Å². The second kappa shape index (κ2) is 11.1. The summed E-state index contributed by atoms with van der Waals surface area (Å²) in [5, 5.41) is 9.24. The molecule has 0 atom stereocenters. The van der Waals surface area contributed by atoms with Crippen LogP contribution in [0.1, 0.15) is 39.3 Å². The molecule has 5 rings (SSSR count). The molecule has 208 valence electrons. The molecule has 39 heavy (non-hydrogen) atoms. The number of amides is 1. The number of piperidine rings is 1. The molecule has 2 aliphatic rings. The third-order valence-corrected chi connectivity index (χ3v) is 8.64. The van der Waals surface area contributed by atoms with Crippen LogP contribution in [0.2, 0.25) is 0 Å². The van der Waals surface area contributed by atoms with Gasteiger partial charge in [-0.2, -0.15) is 13.2 Å². The fourth-order valence-corrected chi connectivity index (χ4v) is 6.21. The SMILES string of the molecule is Cc1c(-c2ccccc2)nnc(N2CCC(N(C)C(=O)c3sc(N4CCOCC4)nc3C(F)(F)F)CC2)c1C. The molecule has 2 aromatic heterocycles. The zero-order valence-corrected chi connectivity index (χ0v) is 23.0. The summed E-state index contributed by atoms with van der Waals surface area (Å²) in [5.41, 5.74) is 2.85. The monoisotopic (exact) mass is 560 g/mol. The number of benzene rings is 1. The number of alkyl halides is 3. The number of anilines is 2. The maximum absolute atomic E-state index is 13.9. The molecule has 0 bridgehead atoms. The second-order valence-corrected chi connectivity index (χ2v) is 10.9. The van der Waals surface area contributed by atoms with Crippen LogP contribution in [-0.4, -0.2) is 78.5 Å². The molecule has 4 heterocycles. The Kier molecular flexibility index (Phi) is 7.77. The highest BCUT2D eigenvalue weighted by atomic mass is 32.1. The van der Waals surface area contributed by atoms with E-state index in [9.17, 15) is 18.0 Å². The highest BCUT2D eigenvalue weighted by Crippen LogP contribution is 2.39. The summed E-state index contributed by atoms with van der Waals surface area (Å²) in [6, 6.07) is 9.71. The molecule has 0 spiro atoms. The molecular formula is C27H31F3N6O2S. The van der Waals surface area contributed by atoms with Gasteiger partial charge in [0.05, 0.1) is 18.9 Å². The Labute approximate surface area is 229 Å². The number of thiazole rings is 1. The van der Waals surface area contributed by atoms with E-state index >= 15 is 0 Å². The van der Waals surface area contributed by atoms with Crippen LogP contribution in [0.4, 0.5) is 24.1 Å². The van der Waals surface area contributed by atoms with E-state index in [0.717, 1.165) is 39.5 Å². The van der Waals surface area contributed by atoms with Gasteiger partial charge in [-0.1, -0.05) is 41.7 Å². The number of hydrogen-bond acceptors (Lipinski definition) is 8. The van der Waals surface area contributed by atoms with Gasteiger partial charge >= 0.3 is 6.18 Å². The van der Waals surface area contributed by atoms with Gasteiger partial charge in [-0.15, -0.1) is 10.2 Å². The van der Waals surface area contributed by atoms with Gasteiger partial charge in [0.15, 0.2) is 16.6 Å². The van der Waals surface area contributed by atoms with E-state index in [-0.39, 0.29) is 16.1 Å². The maximum atomic E-state index is 13.9. The molecule has 12 heteroatoms. The molecule has 2 aliphatic heterocycles. The fourth-order valence-electron chi connectivity index (χ4n) is 5.09. The Morgan fingerprint density at radius 2 is 1.67 bits per heavy atom. The van der Waals surface area contributed by atoms with Crippen LogP contribution >= 0.6 is 11.3 Å². The Balaban J connectivity index is 1.29. The average molecular weight is 561 g/mol. The summed E-state index contributed by atoms with van der Waals surface area (Å²) < 4.78 is 46.9. The summed E-state index contributed by atoms with van der Waals surface area (Å²) in [6.07, 6.45) is -3.49. The van der Waals surface area contributed by atoms with Crippen LogP contribution in [-0.2, 0) is 10.9 Å². The van der Waals surface area contributed by atoms with E-state index in [1.807, 2.05) is 44.2 Å². The van der Waals surface area contributed by atoms with Crippen molar-refractivity contribution in [3.05, 3.63) is 52.0 Å². The molecule has 0 radical (unpaired) electrons. The number of aromatic nitrogens is 3.